The molecule has 0 heterocycles. The molecule has 0 saturated carbocycles. The summed E-state index contributed by atoms with van der Waals surface area (Å²) in [6.07, 6.45) is -3.31. The van der Waals surface area contributed by atoms with Crippen LogP contribution in [0.5, 0.6) is 11.5 Å². The van der Waals surface area contributed by atoms with Gasteiger partial charge in [-0.25, -0.2) is 0 Å². The number of methoxy groups -OCH3 is 1. The lowest BCUT2D eigenvalue weighted by Crippen LogP contribution is -2.26. The summed E-state index contributed by atoms with van der Waals surface area (Å²) in [5, 5.41) is 9.99. The van der Waals surface area contributed by atoms with Gasteiger partial charge in [-0.2, -0.15) is 0 Å². The first kappa shape index (κ1) is 20.8. The van der Waals surface area contributed by atoms with Crippen LogP contribution in [-0.2, 0) is 0 Å². The Morgan fingerprint density at radius 1 is 1.32 bits per heavy atom. The Bertz CT molecular complexity index is 457. The second-order valence-corrected chi connectivity index (χ2v) is 4.69. The first-order valence-electron chi connectivity index (χ1n) is 6.65. The SMILES string of the molecule is CCCC[C@H](O)[C@H](N)c1ccc(OC(F)(F)F)cc1OC.Cl. The second kappa shape index (κ2) is 9.07. The normalized spacial score (nSPS) is 14.0. The molecule has 0 fully saturated rings. The van der Waals surface area contributed by atoms with E-state index in [0.29, 0.717) is 12.0 Å². The molecule has 0 spiro atoms. The highest BCUT2D eigenvalue weighted by molar-refractivity contribution is 5.85. The van der Waals surface area contributed by atoms with Crippen LogP contribution in [0.2, 0.25) is 0 Å². The predicted octanol–water partition coefficient (Wildman–Crippen LogP) is 3.57. The number of aliphatic hydroxyl groups is 1. The van der Waals surface area contributed by atoms with Crippen molar-refractivity contribution in [2.75, 3.05) is 7.11 Å². The highest BCUT2D eigenvalue weighted by Gasteiger charge is 2.31. The van der Waals surface area contributed by atoms with Crippen molar-refractivity contribution in [2.24, 2.45) is 5.73 Å². The summed E-state index contributed by atoms with van der Waals surface area (Å²) in [7, 11) is 1.32. The van der Waals surface area contributed by atoms with Crippen LogP contribution in [-0.4, -0.2) is 24.7 Å². The molecule has 1 aromatic rings. The lowest BCUT2D eigenvalue weighted by molar-refractivity contribution is -0.274. The molecule has 1 rings (SSSR count). The Balaban J connectivity index is 0.00000441. The molecule has 2 atom stereocenters. The van der Waals surface area contributed by atoms with Crippen molar-refractivity contribution in [3.63, 3.8) is 0 Å². The van der Waals surface area contributed by atoms with Gasteiger partial charge in [-0.3, -0.25) is 0 Å². The Labute approximate surface area is 133 Å². The lowest BCUT2D eigenvalue weighted by atomic mass is 9.97. The van der Waals surface area contributed by atoms with Gasteiger partial charge < -0.3 is 20.3 Å². The summed E-state index contributed by atoms with van der Waals surface area (Å²) >= 11 is 0. The van der Waals surface area contributed by atoms with Gasteiger partial charge in [0, 0.05) is 11.6 Å². The molecule has 1 aromatic carbocycles. The van der Waals surface area contributed by atoms with E-state index in [1.165, 1.54) is 13.2 Å². The number of rotatable bonds is 7. The molecule has 0 bridgehead atoms. The maximum absolute atomic E-state index is 12.2. The molecule has 3 N–H and O–H groups in total. The van der Waals surface area contributed by atoms with Crippen LogP contribution in [0.4, 0.5) is 13.2 Å². The van der Waals surface area contributed by atoms with Crippen molar-refractivity contribution in [2.45, 2.75) is 44.7 Å². The summed E-state index contributed by atoms with van der Waals surface area (Å²) in [5.74, 6) is -0.238. The van der Waals surface area contributed by atoms with E-state index in [2.05, 4.69) is 4.74 Å². The average Bonchev–Trinajstić information content (AvgIpc) is 2.42. The van der Waals surface area contributed by atoms with Crippen molar-refractivity contribution in [3.05, 3.63) is 23.8 Å². The molecule has 0 saturated heterocycles. The molecule has 0 unspecified atom stereocenters. The Morgan fingerprint density at radius 2 is 1.95 bits per heavy atom. The molecular weight excluding hydrogens is 323 g/mol. The monoisotopic (exact) mass is 343 g/mol. The van der Waals surface area contributed by atoms with Crippen LogP contribution in [0.25, 0.3) is 0 Å². The number of halogens is 4. The van der Waals surface area contributed by atoms with E-state index in [9.17, 15) is 18.3 Å². The molecule has 8 heteroatoms. The molecule has 4 nitrogen and oxygen atoms in total. The van der Waals surface area contributed by atoms with Crippen LogP contribution >= 0.6 is 12.4 Å². The summed E-state index contributed by atoms with van der Waals surface area (Å²) in [5.41, 5.74) is 6.38. The topological polar surface area (TPSA) is 64.7 Å². The smallest absolute Gasteiger partial charge is 0.496 e. The summed E-state index contributed by atoms with van der Waals surface area (Å²) in [6, 6.07) is 2.90. The third-order valence-electron chi connectivity index (χ3n) is 3.07. The van der Waals surface area contributed by atoms with Crippen LogP contribution in [0, 0.1) is 0 Å². The molecule has 0 aliphatic carbocycles. The van der Waals surface area contributed by atoms with Crippen molar-refractivity contribution >= 4 is 12.4 Å². The van der Waals surface area contributed by atoms with Crippen LogP contribution in [0.1, 0.15) is 37.8 Å². The van der Waals surface area contributed by atoms with Crippen LogP contribution in [0.3, 0.4) is 0 Å². The lowest BCUT2D eigenvalue weighted by Gasteiger charge is -2.21. The fourth-order valence-corrected chi connectivity index (χ4v) is 1.96. The maximum atomic E-state index is 12.2. The Hall–Kier alpha value is -1.18. The minimum Gasteiger partial charge on any atom is -0.496 e. The van der Waals surface area contributed by atoms with Gasteiger partial charge in [-0.1, -0.05) is 19.8 Å². The fourth-order valence-electron chi connectivity index (χ4n) is 1.96. The standard InChI is InChI=1S/C14H20F3NO3.ClH/c1-3-4-5-11(19)13(18)10-7-6-9(8-12(10)20-2)21-14(15,16)17;/h6-8,11,13,19H,3-5,18H2,1-2H3;1H/t11-,13+;/m0./s1. The molecule has 128 valence electrons. The zero-order chi connectivity index (χ0) is 16.0. The van der Waals surface area contributed by atoms with Gasteiger partial charge >= 0.3 is 6.36 Å². The van der Waals surface area contributed by atoms with Gasteiger partial charge in [0.15, 0.2) is 0 Å². The highest BCUT2D eigenvalue weighted by atomic mass is 35.5. The Morgan fingerprint density at radius 3 is 2.45 bits per heavy atom. The molecule has 0 aliphatic rings. The number of hydrogen-bond acceptors (Lipinski definition) is 4. The Kier molecular flexibility index (Phi) is 8.58. The largest absolute Gasteiger partial charge is 0.573 e. The maximum Gasteiger partial charge on any atom is 0.573 e. The fraction of sp³-hybridized carbons (Fsp3) is 0.571. The number of hydrogen-bond donors (Lipinski definition) is 2. The summed E-state index contributed by atoms with van der Waals surface area (Å²) in [6.45, 7) is 1.99. The number of alkyl halides is 3. The van der Waals surface area contributed by atoms with Gasteiger partial charge in [0.2, 0.25) is 0 Å². The quantitative estimate of drug-likeness (QED) is 0.794. The highest BCUT2D eigenvalue weighted by Crippen LogP contribution is 2.33. The predicted molar refractivity (Wildman–Crippen MR) is 79.4 cm³/mol. The van der Waals surface area contributed by atoms with Crippen molar-refractivity contribution in [1.82, 2.24) is 0 Å². The van der Waals surface area contributed by atoms with Gasteiger partial charge in [0.25, 0.3) is 0 Å². The molecular formula is C14H21ClF3NO3. The van der Waals surface area contributed by atoms with E-state index >= 15 is 0 Å². The van der Waals surface area contributed by atoms with E-state index < -0.39 is 24.3 Å². The van der Waals surface area contributed by atoms with Crippen LogP contribution in [0.15, 0.2) is 18.2 Å². The number of nitrogens with two attached hydrogens (primary N) is 1. The molecule has 0 aliphatic heterocycles. The first-order valence-corrected chi connectivity index (χ1v) is 6.65. The first-order chi connectivity index (χ1) is 9.78. The molecule has 22 heavy (non-hydrogen) atoms. The van der Waals surface area contributed by atoms with Gasteiger partial charge in [0.1, 0.15) is 11.5 Å². The zero-order valence-corrected chi connectivity index (χ0v) is 13.2. The van der Waals surface area contributed by atoms with E-state index in [1.54, 1.807) is 0 Å². The van der Waals surface area contributed by atoms with Gasteiger partial charge in [-0.05, 0) is 18.6 Å². The van der Waals surface area contributed by atoms with Crippen molar-refractivity contribution in [3.8, 4) is 11.5 Å². The van der Waals surface area contributed by atoms with Gasteiger partial charge in [0.05, 0.1) is 19.3 Å². The summed E-state index contributed by atoms with van der Waals surface area (Å²) < 4.78 is 45.4. The second-order valence-electron chi connectivity index (χ2n) is 4.69. The number of aliphatic hydroxyl groups excluding tert-OH is 1. The molecule has 0 aromatic heterocycles. The van der Waals surface area contributed by atoms with E-state index in [-0.39, 0.29) is 18.2 Å². The van der Waals surface area contributed by atoms with Crippen molar-refractivity contribution in [1.29, 1.82) is 0 Å². The number of ether oxygens (including phenoxy) is 2. The summed E-state index contributed by atoms with van der Waals surface area (Å²) in [4.78, 5) is 0. The number of unbranched alkanes of at least 4 members (excludes halogenated alkanes) is 1. The van der Waals surface area contributed by atoms with Gasteiger partial charge in [-0.15, -0.1) is 25.6 Å². The third-order valence-corrected chi connectivity index (χ3v) is 3.07. The van der Waals surface area contributed by atoms with E-state index in [1.807, 2.05) is 6.92 Å². The molecule has 0 amide bonds. The zero-order valence-electron chi connectivity index (χ0n) is 12.4. The minimum atomic E-state index is -4.77. The van der Waals surface area contributed by atoms with Crippen LogP contribution < -0.4 is 15.2 Å². The van der Waals surface area contributed by atoms with E-state index in [0.717, 1.165) is 25.0 Å². The molecule has 0 radical (unpaired) electrons. The minimum absolute atomic E-state index is 0. The average molecular weight is 344 g/mol. The third kappa shape index (κ3) is 6.29. The van der Waals surface area contributed by atoms with E-state index in [4.69, 9.17) is 10.5 Å². The van der Waals surface area contributed by atoms with Crippen molar-refractivity contribution < 1.29 is 27.8 Å². The number of benzene rings is 1.